The Kier molecular flexibility index (Phi) is 5.57. The molecule has 0 spiro atoms. The number of rotatable bonds is 6. The van der Waals surface area contributed by atoms with Crippen LogP contribution in [0.15, 0.2) is 30.9 Å². The molecule has 0 radical (unpaired) electrons. The molecule has 0 unspecified atom stereocenters. The number of aryl methyl sites for hydroxylation is 1. The molecule has 11 nitrogen and oxygen atoms in total. The van der Waals surface area contributed by atoms with Gasteiger partial charge < -0.3 is 19.4 Å². The van der Waals surface area contributed by atoms with Crippen molar-refractivity contribution in [2.45, 2.75) is 57.4 Å². The van der Waals surface area contributed by atoms with Crippen molar-refractivity contribution in [2.24, 2.45) is 7.05 Å². The molecule has 2 fully saturated rings. The summed E-state index contributed by atoms with van der Waals surface area (Å²) in [6.07, 6.45) is 10.2. The number of aromatic nitrogens is 8. The van der Waals surface area contributed by atoms with Gasteiger partial charge in [0.05, 0.1) is 37.4 Å². The minimum absolute atomic E-state index is 0.0764. The second-order valence-electron chi connectivity index (χ2n) is 11.4. The fraction of sp³-hybridized carbons (Fsp3) is 0.444. The first-order valence-electron chi connectivity index (χ1n) is 13.2. The number of anilines is 2. The summed E-state index contributed by atoms with van der Waals surface area (Å²) in [4.78, 5) is 18.2. The zero-order valence-corrected chi connectivity index (χ0v) is 23.1. The molecule has 12 heteroatoms. The largest absolute Gasteiger partial charge is 0.451 e. The lowest BCUT2D eigenvalue weighted by Gasteiger charge is -2.22. The molecule has 1 aliphatic carbocycles. The third-order valence-electron chi connectivity index (χ3n) is 7.36. The van der Waals surface area contributed by atoms with Crippen molar-refractivity contribution >= 4 is 40.2 Å². The van der Waals surface area contributed by atoms with Crippen LogP contribution >= 0.6 is 11.6 Å². The molecule has 0 amide bonds. The molecule has 1 N–H and O–H groups in total. The van der Waals surface area contributed by atoms with Gasteiger partial charge in [-0.15, -0.1) is 0 Å². The van der Waals surface area contributed by atoms with E-state index in [1.807, 2.05) is 22.2 Å². The highest BCUT2D eigenvalue weighted by molar-refractivity contribution is 6.36. The Labute approximate surface area is 230 Å². The third-order valence-corrected chi connectivity index (χ3v) is 7.72. The van der Waals surface area contributed by atoms with E-state index < -0.39 is 0 Å². The van der Waals surface area contributed by atoms with Gasteiger partial charge in [0, 0.05) is 36.7 Å². The lowest BCUT2D eigenvalue weighted by Crippen LogP contribution is -2.22. The molecule has 5 aromatic heterocycles. The van der Waals surface area contributed by atoms with E-state index in [-0.39, 0.29) is 11.5 Å². The Balaban J connectivity index is 1.20. The van der Waals surface area contributed by atoms with Crippen molar-refractivity contribution in [3.63, 3.8) is 0 Å². The summed E-state index contributed by atoms with van der Waals surface area (Å²) in [5.41, 5.74) is 3.03. The topological polar surface area (TPSA) is 109 Å². The lowest BCUT2D eigenvalue weighted by atomic mass is 9.91. The van der Waals surface area contributed by atoms with Crippen LogP contribution in [0.2, 0.25) is 5.02 Å². The molecule has 1 saturated heterocycles. The standard InChI is InChI=1S/C27H30ClN9O2/c1-27(2,3)19-9-20(34-37(19)16-7-8-38-14-16)32-26-33-24-23(35(26)4)22(28)18(11-30-24)39-17-10-29-21-12-31-25(15-5-6-15)36(21)13-17/h9-13,15-16H,5-8,14H2,1-4H3,(H,30,32,33,34)/t16-/m0/s1. The minimum Gasteiger partial charge on any atom is -0.451 e. The van der Waals surface area contributed by atoms with Gasteiger partial charge in [-0.2, -0.15) is 10.1 Å². The molecule has 1 saturated carbocycles. The van der Waals surface area contributed by atoms with E-state index in [2.05, 4.69) is 56.8 Å². The van der Waals surface area contributed by atoms with Crippen molar-refractivity contribution in [3.8, 4) is 11.5 Å². The van der Waals surface area contributed by atoms with Crippen molar-refractivity contribution < 1.29 is 9.47 Å². The second-order valence-corrected chi connectivity index (χ2v) is 11.7. The van der Waals surface area contributed by atoms with Crippen LogP contribution in [-0.2, 0) is 17.2 Å². The van der Waals surface area contributed by atoms with Gasteiger partial charge in [-0.1, -0.05) is 32.4 Å². The van der Waals surface area contributed by atoms with Gasteiger partial charge in [0.1, 0.15) is 16.4 Å². The molecule has 2 aliphatic rings. The van der Waals surface area contributed by atoms with Gasteiger partial charge in [0.2, 0.25) is 5.95 Å². The number of hydrogen-bond acceptors (Lipinski definition) is 8. The Morgan fingerprint density at radius 3 is 2.69 bits per heavy atom. The average molecular weight is 548 g/mol. The summed E-state index contributed by atoms with van der Waals surface area (Å²) in [5.74, 6) is 3.78. The first-order valence-corrected chi connectivity index (χ1v) is 13.6. The summed E-state index contributed by atoms with van der Waals surface area (Å²) in [6, 6.07) is 2.30. The molecule has 39 heavy (non-hydrogen) atoms. The monoisotopic (exact) mass is 547 g/mol. The maximum absolute atomic E-state index is 6.85. The van der Waals surface area contributed by atoms with E-state index in [4.69, 9.17) is 26.2 Å². The number of ether oxygens (including phenoxy) is 2. The van der Waals surface area contributed by atoms with E-state index >= 15 is 0 Å². The van der Waals surface area contributed by atoms with Crippen LogP contribution in [0.1, 0.15) is 63.5 Å². The molecule has 1 atom stereocenters. The number of hydrogen-bond donors (Lipinski definition) is 1. The fourth-order valence-electron chi connectivity index (χ4n) is 5.13. The summed E-state index contributed by atoms with van der Waals surface area (Å²) in [7, 11) is 1.89. The molecular weight excluding hydrogens is 518 g/mol. The first kappa shape index (κ1) is 24.3. The van der Waals surface area contributed by atoms with Gasteiger partial charge >= 0.3 is 0 Å². The summed E-state index contributed by atoms with van der Waals surface area (Å²) in [6.45, 7) is 7.99. The van der Waals surface area contributed by atoms with Crippen LogP contribution in [0.25, 0.3) is 16.8 Å². The normalized spacial score (nSPS) is 17.9. The number of nitrogens with zero attached hydrogens (tertiary/aromatic N) is 8. The van der Waals surface area contributed by atoms with Crippen LogP contribution in [0.5, 0.6) is 11.5 Å². The van der Waals surface area contributed by atoms with Gasteiger partial charge in [-0.05, 0) is 19.3 Å². The zero-order valence-electron chi connectivity index (χ0n) is 22.3. The van der Waals surface area contributed by atoms with E-state index in [1.54, 1.807) is 18.6 Å². The summed E-state index contributed by atoms with van der Waals surface area (Å²) < 4.78 is 17.7. The summed E-state index contributed by atoms with van der Waals surface area (Å²) in [5, 5.41) is 8.68. The number of imidazole rings is 2. The zero-order chi connectivity index (χ0) is 26.9. The number of fused-ring (bicyclic) bond motifs is 2. The van der Waals surface area contributed by atoms with E-state index in [0.717, 1.165) is 43.0 Å². The van der Waals surface area contributed by atoms with Crippen molar-refractivity contribution in [1.82, 2.24) is 38.7 Å². The molecule has 0 bridgehead atoms. The van der Waals surface area contributed by atoms with E-state index in [1.165, 1.54) is 0 Å². The van der Waals surface area contributed by atoms with Gasteiger partial charge in [0.25, 0.3) is 0 Å². The highest BCUT2D eigenvalue weighted by Gasteiger charge is 2.29. The molecule has 5 aromatic rings. The number of nitrogens with one attached hydrogen (secondary N) is 1. The van der Waals surface area contributed by atoms with Crippen LogP contribution < -0.4 is 10.1 Å². The van der Waals surface area contributed by atoms with Gasteiger partial charge in [-0.3, -0.25) is 9.08 Å². The second kappa shape index (κ2) is 8.92. The SMILES string of the molecule is Cn1c(Nc2cc(C(C)(C)C)n([C@H]3CCOC3)n2)nc2ncc(Oc3cnc4cnc(C5CC5)n4c3)c(Cl)c21. The Morgan fingerprint density at radius 1 is 1.10 bits per heavy atom. The molecule has 6 heterocycles. The van der Waals surface area contributed by atoms with Gasteiger partial charge in [-0.25, -0.2) is 15.0 Å². The number of pyridine rings is 1. The molecular formula is C27H30ClN9O2. The lowest BCUT2D eigenvalue weighted by molar-refractivity contribution is 0.183. The highest BCUT2D eigenvalue weighted by atomic mass is 35.5. The van der Waals surface area contributed by atoms with Crippen LogP contribution in [0.3, 0.4) is 0 Å². The Morgan fingerprint density at radius 2 is 1.95 bits per heavy atom. The van der Waals surface area contributed by atoms with Gasteiger partial charge in [0.15, 0.2) is 28.6 Å². The smallest absolute Gasteiger partial charge is 0.210 e. The van der Waals surface area contributed by atoms with Crippen LogP contribution in [0, 0.1) is 0 Å². The molecule has 7 rings (SSSR count). The third kappa shape index (κ3) is 4.29. The minimum atomic E-state index is -0.0764. The average Bonchev–Trinajstić information content (AvgIpc) is 3.27. The first-order chi connectivity index (χ1) is 18.8. The maximum atomic E-state index is 6.85. The van der Waals surface area contributed by atoms with Crippen molar-refractivity contribution in [1.29, 1.82) is 0 Å². The van der Waals surface area contributed by atoms with E-state index in [9.17, 15) is 0 Å². The van der Waals surface area contributed by atoms with Crippen LogP contribution in [-0.4, -0.2) is 51.9 Å². The molecule has 0 aromatic carbocycles. The maximum Gasteiger partial charge on any atom is 0.210 e. The highest BCUT2D eigenvalue weighted by Crippen LogP contribution is 2.40. The van der Waals surface area contributed by atoms with Crippen molar-refractivity contribution in [2.75, 3.05) is 18.5 Å². The van der Waals surface area contributed by atoms with Crippen molar-refractivity contribution in [3.05, 3.63) is 47.4 Å². The Hall–Kier alpha value is -3.70. The molecule has 202 valence electrons. The number of halogens is 1. The molecule has 1 aliphatic heterocycles. The quantitative estimate of drug-likeness (QED) is 0.295. The predicted octanol–water partition coefficient (Wildman–Crippen LogP) is 5.53. The summed E-state index contributed by atoms with van der Waals surface area (Å²) >= 11 is 6.85. The van der Waals surface area contributed by atoms with E-state index in [0.29, 0.717) is 52.0 Å². The predicted molar refractivity (Wildman–Crippen MR) is 147 cm³/mol. The fourth-order valence-corrected chi connectivity index (χ4v) is 5.42. The Bertz CT molecular complexity index is 1700. The van der Waals surface area contributed by atoms with Crippen LogP contribution in [0.4, 0.5) is 11.8 Å².